The zero-order valence-corrected chi connectivity index (χ0v) is 18.8. The number of anilines is 3. The quantitative estimate of drug-likeness (QED) is 0.723. The lowest BCUT2D eigenvalue weighted by Crippen LogP contribution is -2.46. The molecule has 0 aromatic carbocycles. The summed E-state index contributed by atoms with van der Waals surface area (Å²) in [7, 11) is 1.57. The van der Waals surface area contributed by atoms with Crippen molar-refractivity contribution in [3.05, 3.63) is 30.2 Å². The lowest BCUT2D eigenvalue weighted by Gasteiger charge is -2.39. The highest BCUT2D eigenvalue weighted by atomic mass is 16.6. The van der Waals surface area contributed by atoms with Crippen LogP contribution in [0.25, 0.3) is 0 Å². The standard InChI is InChI=1S/C22H30N6O4/c1-4-15-12-17(25-21-23-13-16(14-24-21)27-8-10-31-11-9-27)20-18(6-7-19(26-20)30-3)28(15)22(29)32-5-2/h6-7,13-15,17H,4-5,8-12H2,1-3H3,(H,23,24,25)/t15-,17+/m1/s1. The molecule has 2 atom stereocenters. The molecule has 0 saturated carbocycles. The summed E-state index contributed by atoms with van der Waals surface area (Å²) < 4.78 is 16.1. The third-order valence-corrected chi connectivity index (χ3v) is 5.80. The molecule has 2 aromatic rings. The van der Waals surface area contributed by atoms with Gasteiger partial charge in [0.15, 0.2) is 0 Å². The summed E-state index contributed by atoms with van der Waals surface area (Å²) >= 11 is 0. The van der Waals surface area contributed by atoms with E-state index in [2.05, 4.69) is 32.1 Å². The number of hydrogen-bond acceptors (Lipinski definition) is 9. The topological polar surface area (TPSA) is 102 Å². The molecule has 1 N–H and O–H groups in total. The maximum Gasteiger partial charge on any atom is 0.414 e. The van der Waals surface area contributed by atoms with Crippen molar-refractivity contribution in [1.82, 2.24) is 15.0 Å². The van der Waals surface area contributed by atoms with Gasteiger partial charge in [-0.15, -0.1) is 0 Å². The van der Waals surface area contributed by atoms with Gasteiger partial charge in [-0.2, -0.15) is 0 Å². The number of nitrogens with one attached hydrogen (secondary N) is 1. The first kappa shape index (κ1) is 22.1. The number of fused-ring (bicyclic) bond motifs is 1. The smallest absolute Gasteiger partial charge is 0.414 e. The number of aromatic nitrogens is 3. The molecule has 10 nitrogen and oxygen atoms in total. The van der Waals surface area contributed by atoms with Gasteiger partial charge in [-0.3, -0.25) is 4.90 Å². The van der Waals surface area contributed by atoms with Crippen LogP contribution in [0.4, 0.5) is 22.1 Å². The van der Waals surface area contributed by atoms with Crippen LogP contribution in [-0.2, 0) is 9.47 Å². The third-order valence-electron chi connectivity index (χ3n) is 5.80. The predicted octanol–water partition coefficient (Wildman–Crippen LogP) is 3.02. The minimum Gasteiger partial charge on any atom is -0.481 e. The maximum atomic E-state index is 12.7. The fourth-order valence-electron chi connectivity index (χ4n) is 4.16. The van der Waals surface area contributed by atoms with E-state index in [-0.39, 0.29) is 18.2 Å². The Kier molecular flexibility index (Phi) is 6.89. The number of amides is 1. The van der Waals surface area contributed by atoms with Crippen LogP contribution in [-0.4, -0.2) is 67.1 Å². The number of carbonyl (C=O) groups excluding carboxylic acids is 1. The molecule has 0 aliphatic carbocycles. The molecule has 10 heteroatoms. The van der Waals surface area contributed by atoms with Crippen molar-refractivity contribution in [3.63, 3.8) is 0 Å². The number of morpholine rings is 1. The summed E-state index contributed by atoms with van der Waals surface area (Å²) in [5, 5.41) is 3.41. The molecule has 0 radical (unpaired) electrons. The van der Waals surface area contributed by atoms with E-state index in [1.807, 2.05) is 18.5 Å². The summed E-state index contributed by atoms with van der Waals surface area (Å²) in [5.41, 5.74) is 2.40. The average Bonchev–Trinajstić information content (AvgIpc) is 2.84. The van der Waals surface area contributed by atoms with Crippen LogP contribution in [0.1, 0.15) is 38.4 Å². The van der Waals surface area contributed by atoms with E-state index in [9.17, 15) is 4.79 Å². The Morgan fingerprint density at radius 3 is 2.62 bits per heavy atom. The largest absolute Gasteiger partial charge is 0.481 e. The summed E-state index contributed by atoms with van der Waals surface area (Å²) in [5.74, 6) is 1.000. The van der Waals surface area contributed by atoms with Crippen LogP contribution in [0.15, 0.2) is 24.5 Å². The number of ether oxygens (including phenoxy) is 3. The van der Waals surface area contributed by atoms with Gasteiger partial charge in [0.1, 0.15) is 0 Å². The first-order valence-electron chi connectivity index (χ1n) is 11.1. The summed E-state index contributed by atoms with van der Waals surface area (Å²) in [6.07, 6.45) is 4.71. The van der Waals surface area contributed by atoms with Crippen molar-refractivity contribution in [3.8, 4) is 5.88 Å². The predicted molar refractivity (Wildman–Crippen MR) is 120 cm³/mol. The van der Waals surface area contributed by atoms with Crippen LogP contribution >= 0.6 is 0 Å². The molecule has 1 saturated heterocycles. The summed E-state index contributed by atoms with van der Waals surface area (Å²) in [6, 6.07) is 3.40. The number of rotatable bonds is 6. The molecule has 2 aliphatic heterocycles. The van der Waals surface area contributed by atoms with Gasteiger partial charge in [-0.1, -0.05) is 6.92 Å². The van der Waals surface area contributed by atoms with E-state index in [1.54, 1.807) is 25.0 Å². The second-order valence-electron chi connectivity index (χ2n) is 7.69. The fraction of sp³-hybridized carbons (Fsp3) is 0.545. The zero-order chi connectivity index (χ0) is 22.5. The summed E-state index contributed by atoms with van der Waals surface area (Å²) in [6.45, 7) is 7.26. The van der Waals surface area contributed by atoms with Crippen molar-refractivity contribution in [2.24, 2.45) is 0 Å². The third kappa shape index (κ3) is 4.55. The van der Waals surface area contributed by atoms with Crippen molar-refractivity contribution in [1.29, 1.82) is 0 Å². The second-order valence-corrected chi connectivity index (χ2v) is 7.69. The van der Waals surface area contributed by atoms with Gasteiger partial charge in [0.2, 0.25) is 11.8 Å². The minimum atomic E-state index is -0.364. The van der Waals surface area contributed by atoms with Gasteiger partial charge in [-0.05, 0) is 25.8 Å². The van der Waals surface area contributed by atoms with Crippen LogP contribution in [0, 0.1) is 0 Å². The van der Waals surface area contributed by atoms with Gasteiger partial charge in [0, 0.05) is 25.2 Å². The minimum absolute atomic E-state index is 0.0399. The molecule has 32 heavy (non-hydrogen) atoms. The van der Waals surface area contributed by atoms with Crippen molar-refractivity contribution in [2.45, 2.75) is 38.8 Å². The Hall–Kier alpha value is -3.14. The van der Waals surface area contributed by atoms with Crippen LogP contribution < -0.4 is 19.9 Å². The molecule has 2 aliphatic rings. The number of methoxy groups -OCH3 is 1. The highest BCUT2D eigenvalue weighted by molar-refractivity contribution is 5.90. The molecule has 4 heterocycles. The Morgan fingerprint density at radius 1 is 1.22 bits per heavy atom. The fourth-order valence-corrected chi connectivity index (χ4v) is 4.16. The maximum absolute atomic E-state index is 12.7. The monoisotopic (exact) mass is 442 g/mol. The number of hydrogen-bond donors (Lipinski definition) is 1. The van der Waals surface area contributed by atoms with Crippen molar-refractivity contribution in [2.75, 3.05) is 55.1 Å². The molecule has 0 spiro atoms. The zero-order valence-electron chi connectivity index (χ0n) is 18.8. The lowest BCUT2D eigenvalue weighted by molar-refractivity contribution is 0.122. The molecule has 4 rings (SSSR count). The Bertz CT molecular complexity index is 919. The second kappa shape index (κ2) is 9.99. The molecule has 1 amide bonds. The summed E-state index contributed by atoms with van der Waals surface area (Å²) in [4.78, 5) is 30.3. The average molecular weight is 443 g/mol. The highest BCUT2D eigenvalue weighted by Gasteiger charge is 2.37. The van der Waals surface area contributed by atoms with E-state index in [1.165, 1.54) is 0 Å². The Labute approximate surface area is 187 Å². The van der Waals surface area contributed by atoms with Crippen molar-refractivity contribution >= 4 is 23.4 Å². The van der Waals surface area contributed by atoms with Gasteiger partial charge in [0.25, 0.3) is 0 Å². The normalized spacial score (nSPS) is 20.5. The Morgan fingerprint density at radius 2 is 1.97 bits per heavy atom. The molecular weight excluding hydrogens is 412 g/mol. The van der Waals surface area contributed by atoms with Gasteiger partial charge >= 0.3 is 6.09 Å². The van der Waals surface area contributed by atoms with E-state index >= 15 is 0 Å². The van der Waals surface area contributed by atoms with E-state index < -0.39 is 0 Å². The molecule has 172 valence electrons. The van der Waals surface area contributed by atoms with Gasteiger partial charge < -0.3 is 24.4 Å². The van der Waals surface area contributed by atoms with Crippen LogP contribution in [0.3, 0.4) is 0 Å². The number of carbonyl (C=O) groups is 1. The van der Waals surface area contributed by atoms with E-state index in [0.717, 1.165) is 25.2 Å². The van der Waals surface area contributed by atoms with Crippen LogP contribution in [0.2, 0.25) is 0 Å². The molecule has 0 unspecified atom stereocenters. The highest BCUT2D eigenvalue weighted by Crippen LogP contribution is 2.40. The molecule has 2 aromatic heterocycles. The molecular formula is C22H30N6O4. The SMILES string of the molecule is CCOC(=O)N1c2ccc(OC)nc2[C@@H](Nc2ncc(N3CCOCC3)cn2)C[C@H]1CC. The number of nitrogens with zero attached hydrogens (tertiary/aromatic N) is 5. The number of pyridine rings is 1. The van der Waals surface area contributed by atoms with Gasteiger partial charge in [-0.25, -0.2) is 19.7 Å². The Balaban J connectivity index is 1.60. The van der Waals surface area contributed by atoms with Gasteiger partial charge in [0.05, 0.1) is 62.4 Å². The molecule has 0 bridgehead atoms. The van der Waals surface area contributed by atoms with E-state index in [0.29, 0.717) is 49.5 Å². The van der Waals surface area contributed by atoms with Crippen molar-refractivity contribution < 1.29 is 19.0 Å². The molecule has 1 fully saturated rings. The lowest BCUT2D eigenvalue weighted by atomic mass is 9.93. The first-order chi connectivity index (χ1) is 15.6. The first-order valence-corrected chi connectivity index (χ1v) is 11.1. The van der Waals surface area contributed by atoms with Crippen LogP contribution in [0.5, 0.6) is 5.88 Å². The van der Waals surface area contributed by atoms with E-state index in [4.69, 9.17) is 14.2 Å².